The molecule has 37 heavy (non-hydrogen) atoms. The first kappa shape index (κ1) is 25.3. The maximum Gasteiger partial charge on any atom is 0.254 e. The van der Waals surface area contributed by atoms with E-state index in [0.29, 0.717) is 24.1 Å². The van der Waals surface area contributed by atoms with Gasteiger partial charge in [-0.3, -0.25) is 9.69 Å². The number of aryl methyl sites for hydroxylation is 2. The molecule has 0 saturated carbocycles. The Hall–Kier alpha value is -3.34. The number of piperidine rings is 1. The van der Waals surface area contributed by atoms with Gasteiger partial charge in [0, 0.05) is 54.7 Å². The second kappa shape index (κ2) is 9.85. The number of amides is 1. The summed E-state index contributed by atoms with van der Waals surface area (Å²) in [6.07, 6.45) is 3.64. The van der Waals surface area contributed by atoms with Crippen LogP contribution in [0.4, 0.5) is 11.6 Å². The number of primary sulfonamides is 1. The summed E-state index contributed by atoms with van der Waals surface area (Å²) in [5.41, 5.74) is 6.02. The zero-order valence-corrected chi connectivity index (χ0v) is 22.1. The van der Waals surface area contributed by atoms with Gasteiger partial charge < -0.3 is 10.2 Å². The minimum absolute atomic E-state index is 0.000130. The molecular weight excluding hydrogens is 488 g/mol. The monoisotopic (exact) mass is 520 g/mol. The number of sulfonamides is 1. The smallest absolute Gasteiger partial charge is 0.254 e. The Morgan fingerprint density at radius 2 is 1.78 bits per heavy atom. The highest BCUT2D eigenvalue weighted by Gasteiger charge is 2.35. The van der Waals surface area contributed by atoms with Crippen LogP contribution in [0.3, 0.4) is 0 Å². The van der Waals surface area contributed by atoms with Crippen LogP contribution in [-0.2, 0) is 23.1 Å². The fraction of sp³-hybridized carbons (Fsp3) is 0.370. The predicted molar refractivity (Wildman–Crippen MR) is 142 cm³/mol. The van der Waals surface area contributed by atoms with E-state index >= 15 is 0 Å². The molecule has 1 amide bonds. The summed E-state index contributed by atoms with van der Waals surface area (Å²) in [7, 11) is -3.79. The maximum absolute atomic E-state index is 13.1. The van der Waals surface area contributed by atoms with Crippen LogP contribution in [-0.4, -0.2) is 52.7 Å². The Kier molecular flexibility index (Phi) is 6.74. The Morgan fingerprint density at radius 3 is 2.43 bits per heavy atom. The van der Waals surface area contributed by atoms with Crippen LogP contribution in [0.15, 0.2) is 53.6 Å². The van der Waals surface area contributed by atoms with Crippen molar-refractivity contribution in [3.63, 3.8) is 0 Å². The first-order valence-electron chi connectivity index (χ1n) is 12.4. The van der Waals surface area contributed by atoms with E-state index in [9.17, 15) is 13.2 Å². The third kappa shape index (κ3) is 5.51. The van der Waals surface area contributed by atoms with Gasteiger partial charge in [0.05, 0.1) is 10.6 Å². The molecule has 0 unspecified atom stereocenters. The van der Waals surface area contributed by atoms with Crippen LogP contribution in [0.5, 0.6) is 0 Å². The molecule has 2 aliphatic rings. The van der Waals surface area contributed by atoms with Crippen molar-refractivity contribution in [3.8, 4) is 0 Å². The zero-order valence-electron chi connectivity index (χ0n) is 21.3. The lowest BCUT2D eigenvalue weighted by Crippen LogP contribution is -2.50. The number of nitrogens with one attached hydrogen (secondary N) is 1. The molecule has 1 aromatic heterocycles. The van der Waals surface area contributed by atoms with Crippen LogP contribution in [0.2, 0.25) is 0 Å². The van der Waals surface area contributed by atoms with E-state index in [0.717, 1.165) is 42.9 Å². The van der Waals surface area contributed by atoms with Gasteiger partial charge >= 0.3 is 0 Å². The zero-order chi connectivity index (χ0) is 26.3. The Labute approximate surface area is 217 Å². The highest BCUT2D eigenvalue weighted by molar-refractivity contribution is 7.89. The molecule has 3 N–H and O–H groups in total. The van der Waals surface area contributed by atoms with Crippen molar-refractivity contribution in [2.45, 2.75) is 63.7 Å². The fourth-order valence-electron chi connectivity index (χ4n) is 5.41. The van der Waals surface area contributed by atoms with Crippen LogP contribution in [0.25, 0.3) is 0 Å². The van der Waals surface area contributed by atoms with Gasteiger partial charge in [-0.2, -0.15) is 0 Å². The number of carbonyl (C=O) groups excluding carboxylic acids is 1. The van der Waals surface area contributed by atoms with Crippen LogP contribution in [0, 0.1) is 13.8 Å². The van der Waals surface area contributed by atoms with Gasteiger partial charge in [-0.25, -0.2) is 23.5 Å². The number of anilines is 2. The Morgan fingerprint density at radius 1 is 1.08 bits per heavy atom. The van der Waals surface area contributed by atoms with Gasteiger partial charge in [0.15, 0.2) is 0 Å². The summed E-state index contributed by atoms with van der Waals surface area (Å²) < 4.78 is 23.0. The number of hydrogen-bond acceptors (Lipinski definition) is 7. The van der Waals surface area contributed by atoms with E-state index in [4.69, 9.17) is 10.1 Å². The van der Waals surface area contributed by atoms with Crippen LogP contribution < -0.4 is 10.5 Å². The average molecular weight is 521 g/mol. The van der Waals surface area contributed by atoms with Crippen LogP contribution >= 0.6 is 0 Å². The summed E-state index contributed by atoms with van der Waals surface area (Å²) in [5.74, 6) is 0.512. The molecular formula is C27H32N6O3S. The molecule has 10 heteroatoms. The third-order valence-corrected chi connectivity index (χ3v) is 8.14. The van der Waals surface area contributed by atoms with E-state index in [1.807, 2.05) is 11.1 Å². The molecule has 0 spiro atoms. The second-order valence-corrected chi connectivity index (χ2v) is 11.7. The summed E-state index contributed by atoms with van der Waals surface area (Å²) >= 11 is 0. The van der Waals surface area contributed by atoms with Gasteiger partial charge in [-0.15, -0.1) is 0 Å². The largest absolute Gasteiger partial charge is 0.336 e. The lowest BCUT2D eigenvalue weighted by molar-refractivity contribution is 0.0460. The average Bonchev–Trinajstić information content (AvgIpc) is 3.26. The normalized spacial score (nSPS) is 20.1. The standard InChI is InChI=1S/C27H32N6O3S/c1-17-10-18(2)12-22(11-17)30-27-29-14-21-15-32(16-25(21)31-27)23-8-9-33(19(3)13-23)26(34)20-4-6-24(7-5-20)37(28,35)36/h4-7,10-12,14,19,23H,8-9,13,15-16H2,1-3H3,(H2,28,35,36)(H,29,30,31)/t19-,23-/m0/s1. The molecule has 0 bridgehead atoms. The molecule has 2 aromatic carbocycles. The fourth-order valence-corrected chi connectivity index (χ4v) is 5.92. The number of nitrogens with zero attached hydrogens (tertiary/aromatic N) is 4. The second-order valence-electron chi connectivity index (χ2n) is 10.2. The van der Waals surface area contributed by atoms with E-state index in [2.05, 4.69) is 54.2 Å². The van der Waals surface area contributed by atoms with Crippen molar-refractivity contribution in [1.82, 2.24) is 19.8 Å². The van der Waals surface area contributed by atoms with Crippen molar-refractivity contribution >= 4 is 27.6 Å². The lowest BCUT2D eigenvalue weighted by atomic mass is 9.96. The molecule has 2 atom stereocenters. The third-order valence-electron chi connectivity index (χ3n) is 7.21. The highest BCUT2D eigenvalue weighted by atomic mass is 32.2. The minimum Gasteiger partial charge on any atom is -0.336 e. The number of nitrogens with two attached hydrogens (primary N) is 1. The van der Waals surface area contributed by atoms with Crippen molar-refractivity contribution in [1.29, 1.82) is 0 Å². The summed E-state index contributed by atoms with van der Waals surface area (Å²) in [5, 5.41) is 8.51. The van der Waals surface area contributed by atoms with Gasteiger partial charge in [0.1, 0.15) is 0 Å². The molecule has 1 saturated heterocycles. The van der Waals surface area contributed by atoms with Gasteiger partial charge in [-0.1, -0.05) is 6.07 Å². The molecule has 1 fully saturated rings. The first-order chi connectivity index (χ1) is 17.6. The van der Waals surface area contributed by atoms with E-state index in [1.54, 1.807) is 0 Å². The quantitative estimate of drug-likeness (QED) is 0.528. The molecule has 0 aliphatic carbocycles. The van der Waals surface area contributed by atoms with E-state index in [-0.39, 0.29) is 16.8 Å². The van der Waals surface area contributed by atoms with Gasteiger partial charge in [0.2, 0.25) is 16.0 Å². The van der Waals surface area contributed by atoms with E-state index < -0.39 is 10.0 Å². The summed E-state index contributed by atoms with van der Waals surface area (Å²) in [6.45, 7) is 8.42. The summed E-state index contributed by atoms with van der Waals surface area (Å²) in [4.78, 5) is 26.8. The number of carbonyl (C=O) groups is 1. The molecule has 194 valence electrons. The van der Waals surface area contributed by atoms with Gasteiger partial charge in [-0.05, 0) is 81.1 Å². The minimum atomic E-state index is -3.79. The first-order valence-corrected chi connectivity index (χ1v) is 14.0. The molecule has 3 heterocycles. The SMILES string of the molecule is Cc1cc(C)cc(Nc2ncc3c(n2)CN([C@H]2CCN(C(=O)c4ccc(S(N)(=O)=O)cc4)[C@@H](C)C2)C3)c1. The molecule has 3 aromatic rings. The molecule has 9 nitrogen and oxygen atoms in total. The van der Waals surface area contributed by atoms with E-state index in [1.165, 1.54) is 35.4 Å². The number of aromatic nitrogens is 2. The summed E-state index contributed by atoms with van der Waals surface area (Å²) in [6, 6.07) is 12.5. The molecule has 2 aliphatic heterocycles. The van der Waals surface area contributed by atoms with Gasteiger partial charge in [0.25, 0.3) is 5.91 Å². The highest BCUT2D eigenvalue weighted by Crippen LogP contribution is 2.31. The van der Waals surface area contributed by atoms with Crippen molar-refractivity contribution < 1.29 is 13.2 Å². The number of hydrogen-bond donors (Lipinski definition) is 2. The van der Waals surface area contributed by atoms with Crippen molar-refractivity contribution in [3.05, 3.63) is 76.6 Å². The van der Waals surface area contributed by atoms with Crippen molar-refractivity contribution in [2.75, 3.05) is 11.9 Å². The lowest BCUT2D eigenvalue weighted by Gasteiger charge is -2.41. The molecule has 0 radical (unpaired) electrons. The number of fused-ring (bicyclic) bond motifs is 1. The predicted octanol–water partition coefficient (Wildman–Crippen LogP) is 3.49. The number of rotatable bonds is 5. The number of benzene rings is 2. The number of likely N-dealkylation sites (tertiary alicyclic amines) is 1. The topological polar surface area (TPSA) is 122 Å². The maximum atomic E-state index is 13.1. The van der Waals surface area contributed by atoms with Crippen LogP contribution in [0.1, 0.15) is 52.5 Å². The Bertz CT molecular complexity index is 1420. The Balaban J connectivity index is 1.21. The molecule has 5 rings (SSSR count). The van der Waals surface area contributed by atoms with Crippen molar-refractivity contribution in [2.24, 2.45) is 5.14 Å².